The molecule has 0 spiro atoms. The molecule has 23 heavy (non-hydrogen) atoms. The summed E-state index contributed by atoms with van der Waals surface area (Å²) in [5.74, 6) is -0.380. The van der Waals surface area contributed by atoms with Gasteiger partial charge in [0, 0.05) is 26.0 Å². The first-order valence-electron chi connectivity index (χ1n) is 7.80. The van der Waals surface area contributed by atoms with Crippen LogP contribution in [0.25, 0.3) is 0 Å². The van der Waals surface area contributed by atoms with Crippen LogP contribution in [-0.2, 0) is 21.4 Å². The molecule has 0 unspecified atom stereocenters. The van der Waals surface area contributed by atoms with Crippen molar-refractivity contribution in [3.05, 3.63) is 53.6 Å². The number of ether oxygens (including phenoxy) is 1. The summed E-state index contributed by atoms with van der Waals surface area (Å²) in [7, 11) is 0. The summed E-state index contributed by atoms with van der Waals surface area (Å²) < 4.78 is 19.0. The molecule has 2 heterocycles. The molecule has 1 aliphatic rings. The number of hydrogen-bond acceptors (Lipinski definition) is 3. The number of carbonyl (C=O) groups is 1. The van der Waals surface area contributed by atoms with E-state index < -0.39 is 5.41 Å². The summed E-state index contributed by atoms with van der Waals surface area (Å²) >= 11 is 0. The van der Waals surface area contributed by atoms with Gasteiger partial charge in [0.25, 0.3) is 0 Å². The number of benzene rings is 1. The highest BCUT2D eigenvalue weighted by Gasteiger charge is 2.41. The zero-order valence-electron chi connectivity index (χ0n) is 12.8. The Morgan fingerprint density at radius 3 is 2.91 bits per heavy atom. The van der Waals surface area contributed by atoms with Gasteiger partial charge in [-0.3, -0.25) is 9.89 Å². The number of aromatic nitrogens is 2. The first-order valence-corrected chi connectivity index (χ1v) is 7.80. The number of nitrogens with one attached hydrogen (secondary N) is 2. The fourth-order valence-electron chi connectivity index (χ4n) is 3.06. The molecular formula is C17H20FN3O2. The van der Waals surface area contributed by atoms with Crippen molar-refractivity contribution in [2.45, 2.75) is 24.7 Å². The topological polar surface area (TPSA) is 67.0 Å². The van der Waals surface area contributed by atoms with Crippen LogP contribution in [0.3, 0.4) is 0 Å². The highest BCUT2D eigenvalue weighted by atomic mass is 19.1. The molecular weight excluding hydrogens is 297 g/mol. The summed E-state index contributed by atoms with van der Waals surface area (Å²) in [6, 6.07) is 6.33. The minimum absolute atomic E-state index is 0.0603. The quantitative estimate of drug-likeness (QED) is 0.886. The van der Waals surface area contributed by atoms with E-state index in [0.717, 1.165) is 11.1 Å². The molecule has 1 saturated heterocycles. The van der Waals surface area contributed by atoms with Gasteiger partial charge in [0.2, 0.25) is 5.91 Å². The van der Waals surface area contributed by atoms with Crippen LogP contribution in [0.15, 0.2) is 36.7 Å². The average Bonchev–Trinajstić information content (AvgIpc) is 3.09. The number of H-pyrrole nitrogens is 1. The van der Waals surface area contributed by atoms with E-state index in [1.807, 2.05) is 12.3 Å². The second kappa shape index (κ2) is 6.91. The van der Waals surface area contributed by atoms with Crippen LogP contribution in [-0.4, -0.2) is 35.9 Å². The summed E-state index contributed by atoms with van der Waals surface area (Å²) in [6.07, 6.45) is 5.38. The van der Waals surface area contributed by atoms with E-state index in [1.165, 1.54) is 12.1 Å². The lowest BCUT2D eigenvalue weighted by atomic mass is 9.73. The summed E-state index contributed by atoms with van der Waals surface area (Å²) in [6.45, 7) is 1.54. The molecule has 0 radical (unpaired) electrons. The number of amides is 1. The minimum atomic E-state index is -0.712. The van der Waals surface area contributed by atoms with Crippen molar-refractivity contribution >= 4 is 5.91 Å². The van der Waals surface area contributed by atoms with Crippen LogP contribution in [0.1, 0.15) is 24.0 Å². The van der Waals surface area contributed by atoms with Crippen molar-refractivity contribution in [1.82, 2.24) is 15.5 Å². The zero-order chi connectivity index (χ0) is 16.1. The fraction of sp³-hybridized carbons (Fsp3) is 0.412. The molecule has 1 aromatic carbocycles. The van der Waals surface area contributed by atoms with E-state index in [-0.39, 0.29) is 11.7 Å². The lowest BCUT2D eigenvalue weighted by molar-refractivity contribution is -0.130. The van der Waals surface area contributed by atoms with Crippen LogP contribution in [0.2, 0.25) is 0 Å². The zero-order valence-corrected chi connectivity index (χ0v) is 12.8. The van der Waals surface area contributed by atoms with Gasteiger partial charge in [-0.25, -0.2) is 4.39 Å². The lowest BCUT2D eigenvalue weighted by Crippen LogP contribution is -2.48. The molecule has 0 aliphatic carbocycles. The monoisotopic (exact) mass is 317 g/mol. The molecule has 3 rings (SSSR count). The number of rotatable bonds is 5. The van der Waals surface area contributed by atoms with Gasteiger partial charge in [-0.15, -0.1) is 0 Å². The first-order chi connectivity index (χ1) is 11.2. The molecule has 1 fully saturated rings. The molecule has 2 N–H and O–H groups in total. The van der Waals surface area contributed by atoms with Gasteiger partial charge in [-0.1, -0.05) is 12.1 Å². The van der Waals surface area contributed by atoms with Crippen molar-refractivity contribution in [3.63, 3.8) is 0 Å². The van der Waals surface area contributed by atoms with E-state index in [1.54, 1.807) is 12.3 Å². The Labute approximate surface area is 134 Å². The summed E-state index contributed by atoms with van der Waals surface area (Å²) in [4.78, 5) is 12.8. The van der Waals surface area contributed by atoms with E-state index >= 15 is 0 Å². The third-order valence-corrected chi connectivity index (χ3v) is 4.41. The largest absolute Gasteiger partial charge is 0.381 e. The Bertz CT molecular complexity index is 652. The smallest absolute Gasteiger partial charge is 0.230 e. The predicted octanol–water partition coefficient (Wildman–Crippen LogP) is 1.96. The van der Waals surface area contributed by atoms with Crippen molar-refractivity contribution in [3.8, 4) is 0 Å². The van der Waals surface area contributed by atoms with Crippen LogP contribution < -0.4 is 5.32 Å². The summed E-state index contributed by atoms with van der Waals surface area (Å²) in [5.41, 5.74) is 1.05. The van der Waals surface area contributed by atoms with Gasteiger partial charge >= 0.3 is 0 Å². The maximum atomic E-state index is 13.6. The molecule has 1 amide bonds. The Kier molecular flexibility index (Phi) is 4.71. The van der Waals surface area contributed by atoms with Gasteiger partial charge in [-0.05, 0) is 42.5 Å². The molecule has 0 bridgehead atoms. The lowest BCUT2D eigenvalue weighted by Gasteiger charge is -2.36. The van der Waals surface area contributed by atoms with Crippen LogP contribution in [0.4, 0.5) is 4.39 Å². The molecule has 2 aromatic rings. The fourth-order valence-corrected chi connectivity index (χ4v) is 3.06. The number of nitrogens with zero attached hydrogens (tertiary/aromatic N) is 1. The highest BCUT2D eigenvalue weighted by Crippen LogP contribution is 2.35. The highest BCUT2D eigenvalue weighted by molar-refractivity contribution is 5.88. The van der Waals surface area contributed by atoms with Crippen LogP contribution in [0.5, 0.6) is 0 Å². The average molecular weight is 317 g/mol. The molecule has 0 atom stereocenters. The number of carbonyl (C=O) groups excluding carboxylic acids is 1. The Morgan fingerprint density at radius 1 is 1.39 bits per heavy atom. The van der Waals surface area contributed by atoms with Gasteiger partial charge in [0.05, 0.1) is 11.6 Å². The van der Waals surface area contributed by atoms with Crippen LogP contribution >= 0.6 is 0 Å². The van der Waals surface area contributed by atoms with E-state index in [0.29, 0.717) is 39.0 Å². The number of hydrogen-bond donors (Lipinski definition) is 2. The second-order valence-corrected chi connectivity index (χ2v) is 5.82. The van der Waals surface area contributed by atoms with Crippen molar-refractivity contribution < 1.29 is 13.9 Å². The molecule has 5 nitrogen and oxygen atoms in total. The predicted molar refractivity (Wildman–Crippen MR) is 83.4 cm³/mol. The number of aromatic amines is 1. The molecule has 122 valence electrons. The molecule has 0 saturated carbocycles. The van der Waals surface area contributed by atoms with Gasteiger partial charge in [-0.2, -0.15) is 5.10 Å². The van der Waals surface area contributed by atoms with E-state index in [4.69, 9.17) is 4.74 Å². The van der Waals surface area contributed by atoms with E-state index in [2.05, 4.69) is 15.5 Å². The Hall–Kier alpha value is -2.21. The van der Waals surface area contributed by atoms with Gasteiger partial charge in [0.15, 0.2) is 0 Å². The van der Waals surface area contributed by atoms with Gasteiger partial charge in [0.1, 0.15) is 5.82 Å². The van der Waals surface area contributed by atoms with Crippen molar-refractivity contribution in [2.75, 3.05) is 19.8 Å². The third kappa shape index (κ3) is 3.42. The second-order valence-electron chi connectivity index (χ2n) is 5.82. The summed E-state index contributed by atoms with van der Waals surface area (Å²) in [5, 5.41) is 9.63. The SMILES string of the molecule is O=C(NCCc1cn[nH]c1)C1(c2cccc(F)c2)CCOCC1. The molecule has 1 aromatic heterocycles. The van der Waals surface area contributed by atoms with Crippen LogP contribution in [0, 0.1) is 5.82 Å². The standard InChI is InChI=1S/C17H20FN3O2/c18-15-3-1-2-14(10-15)17(5-8-23-9-6-17)16(22)19-7-4-13-11-20-21-12-13/h1-3,10-12H,4-9H2,(H,19,22)(H,20,21). The maximum absolute atomic E-state index is 13.6. The van der Waals surface area contributed by atoms with Crippen molar-refractivity contribution in [2.24, 2.45) is 0 Å². The van der Waals surface area contributed by atoms with E-state index in [9.17, 15) is 9.18 Å². The number of halogens is 1. The normalized spacial score (nSPS) is 16.9. The maximum Gasteiger partial charge on any atom is 0.230 e. The Morgan fingerprint density at radius 2 is 2.22 bits per heavy atom. The van der Waals surface area contributed by atoms with Crippen molar-refractivity contribution in [1.29, 1.82) is 0 Å². The minimum Gasteiger partial charge on any atom is -0.381 e. The first kappa shape index (κ1) is 15.7. The molecule has 6 heteroatoms. The van der Waals surface area contributed by atoms with Gasteiger partial charge < -0.3 is 10.1 Å². The molecule has 1 aliphatic heterocycles. The Balaban J connectivity index is 1.74. The third-order valence-electron chi connectivity index (χ3n) is 4.41.